The third-order valence-corrected chi connectivity index (χ3v) is 6.44. The van der Waals surface area contributed by atoms with E-state index in [2.05, 4.69) is 29.3 Å². The number of nitrogens with one attached hydrogen (secondary N) is 1. The van der Waals surface area contributed by atoms with E-state index in [1.165, 1.54) is 29.8 Å². The third-order valence-electron chi connectivity index (χ3n) is 6.44. The van der Waals surface area contributed by atoms with E-state index in [9.17, 15) is 8.78 Å². The summed E-state index contributed by atoms with van der Waals surface area (Å²) in [5, 5.41) is 3.70. The summed E-state index contributed by atoms with van der Waals surface area (Å²) in [4.78, 5) is 2.40. The van der Waals surface area contributed by atoms with E-state index in [4.69, 9.17) is 9.47 Å². The number of benzene rings is 3. The predicted molar refractivity (Wildman–Crippen MR) is 138 cm³/mol. The minimum atomic E-state index is -0.264. The monoisotopic (exact) mass is 522 g/mol. The molecule has 0 saturated carbocycles. The first-order chi connectivity index (χ1) is 16.0. The van der Waals surface area contributed by atoms with Crippen molar-refractivity contribution in [2.45, 2.75) is 24.9 Å². The average molecular weight is 523 g/mol. The minimum Gasteiger partial charge on any atom is -0.486 e. The lowest BCUT2D eigenvalue weighted by molar-refractivity contribution is 0.115. The Hall–Kier alpha value is -2.38. The predicted octanol–water partition coefficient (Wildman–Crippen LogP) is 5.58. The molecular formula is C27H30Cl2F2N2O2. The van der Waals surface area contributed by atoms with Crippen molar-refractivity contribution in [2.75, 3.05) is 32.8 Å². The number of halogens is 4. The van der Waals surface area contributed by atoms with Crippen LogP contribution in [-0.2, 0) is 6.42 Å². The van der Waals surface area contributed by atoms with E-state index in [0.29, 0.717) is 13.2 Å². The number of hydrogen-bond donors (Lipinski definition) is 1. The number of nitrogens with zero attached hydrogens (tertiary/aromatic N) is 1. The first kappa shape index (κ1) is 27.2. The van der Waals surface area contributed by atoms with E-state index >= 15 is 0 Å². The van der Waals surface area contributed by atoms with Crippen molar-refractivity contribution in [2.24, 2.45) is 0 Å². The molecule has 5 rings (SSSR count). The van der Waals surface area contributed by atoms with Crippen molar-refractivity contribution in [1.29, 1.82) is 0 Å². The molecule has 1 fully saturated rings. The number of fused-ring (bicyclic) bond motifs is 1. The molecule has 0 aliphatic carbocycles. The van der Waals surface area contributed by atoms with E-state index in [0.717, 1.165) is 48.7 Å². The number of hydrogen-bond acceptors (Lipinski definition) is 4. The second-order valence-electron chi connectivity index (χ2n) is 9.12. The summed E-state index contributed by atoms with van der Waals surface area (Å²) in [6.07, 6.45) is 0.819. The van der Waals surface area contributed by atoms with Gasteiger partial charge in [0.25, 0.3) is 0 Å². The Morgan fingerprint density at radius 1 is 0.857 bits per heavy atom. The van der Waals surface area contributed by atoms with Crippen LogP contribution in [0.4, 0.5) is 8.78 Å². The minimum absolute atomic E-state index is 0. The van der Waals surface area contributed by atoms with Crippen LogP contribution in [0.5, 0.6) is 11.5 Å². The zero-order valence-electron chi connectivity index (χ0n) is 19.5. The van der Waals surface area contributed by atoms with Crippen LogP contribution < -0.4 is 14.8 Å². The Morgan fingerprint density at radius 3 is 2.03 bits per heavy atom. The molecule has 4 nitrogen and oxygen atoms in total. The molecule has 2 heterocycles. The molecule has 2 aliphatic heterocycles. The highest BCUT2D eigenvalue weighted by molar-refractivity contribution is 5.85. The van der Waals surface area contributed by atoms with E-state index < -0.39 is 0 Å². The van der Waals surface area contributed by atoms with Gasteiger partial charge in [0.05, 0.1) is 6.04 Å². The van der Waals surface area contributed by atoms with Crippen molar-refractivity contribution in [3.8, 4) is 11.5 Å². The molecule has 35 heavy (non-hydrogen) atoms. The van der Waals surface area contributed by atoms with Crippen LogP contribution in [0.3, 0.4) is 0 Å². The Bertz CT molecular complexity index is 1070. The average Bonchev–Trinajstić information content (AvgIpc) is 2.81. The highest BCUT2D eigenvalue weighted by Crippen LogP contribution is 2.35. The highest BCUT2D eigenvalue weighted by atomic mass is 35.5. The summed E-state index contributed by atoms with van der Waals surface area (Å²) < 4.78 is 38.7. The SMILES string of the molecule is CC1(Cc2ccc3c(c2)OCCO3)CN(C(c2ccc(F)cc2)c2ccc(F)cc2)CCN1.Cl.Cl. The summed E-state index contributed by atoms with van der Waals surface area (Å²) in [5.74, 6) is 1.06. The van der Waals surface area contributed by atoms with Gasteiger partial charge in [0, 0.05) is 25.2 Å². The van der Waals surface area contributed by atoms with Gasteiger partial charge in [0.15, 0.2) is 11.5 Å². The van der Waals surface area contributed by atoms with Gasteiger partial charge >= 0.3 is 0 Å². The fourth-order valence-corrected chi connectivity index (χ4v) is 4.98. The maximum Gasteiger partial charge on any atom is 0.161 e. The van der Waals surface area contributed by atoms with Gasteiger partial charge in [-0.15, -0.1) is 24.8 Å². The van der Waals surface area contributed by atoms with Crippen LogP contribution in [0.1, 0.15) is 29.7 Å². The number of piperazine rings is 1. The molecular weight excluding hydrogens is 493 g/mol. The lowest BCUT2D eigenvalue weighted by Crippen LogP contribution is -2.60. The molecule has 188 valence electrons. The quantitative estimate of drug-likeness (QED) is 0.474. The van der Waals surface area contributed by atoms with Crippen LogP contribution in [0, 0.1) is 11.6 Å². The molecule has 1 saturated heterocycles. The molecule has 0 aromatic heterocycles. The van der Waals surface area contributed by atoms with Crippen LogP contribution in [0.2, 0.25) is 0 Å². The molecule has 3 aromatic carbocycles. The summed E-state index contributed by atoms with van der Waals surface area (Å²) in [5.41, 5.74) is 2.98. The second kappa shape index (κ2) is 11.6. The summed E-state index contributed by atoms with van der Waals surface area (Å²) in [6.45, 7) is 5.80. The van der Waals surface area contributed by atoms with Crippen molar-refractivity contribution in [3.05, 3.63) is 95.1 Å². The molecule has 0 amide bonds. The maximum atomic E-state index is 13.6. The Balaban J connectivity index is 0.00000171. The Labute approximate surface area is 217 Å². The number of rotatable bonds is 5. The number of ether oxygens (including phenoxy) is 2. The van der Waals surface area contributed by atoms with Crippen LogP contribution in [0.25, 0.3) is 0 Å². The van der Waals surface area contributed by atoms with E-state index in [-0.39, 0.29) is 48.0 Å². The molecule has 0 bridgehead atoms. The van der Waals surface area contributed by atoms with Crippen molar-refractivity contribution < 1.29 is 18.3 Å². The van der Waals surface area contributed by atoms with Gasteiger partial charge < -0.3 is 14.8 Å². The smallest absolute Gasteiger partial charge is 0.161 e. The van der Waals surface area contributed by atoms with Crippen molar-refractivity contribution >= 4 is 24.8 Å². The van der Waals surface area contributed by atoms with Crippen LogP contribution in [0.15, 0.2) is 66.7 Å². The summed E-state index contributed by atoms with van der Waals surface area (Å²) in [6, 6.07) is 19.3. The molecule has 2 aliphatic rings. The molecule has 0 radical (unpaired) electrons. The normalized spacial score (nSPS) is 19.5. The first-order valence-electron chi connectivity index (χ1n) is 11.4. The Morgan fingerprint density at radius 2 is 1.43 bits per heavy atom. The van der Waals surface area contributed by atoms with Gasteiger partial charge in [0.2, 0.25) is 0 Å². The molecule has 1 atom stereocenters. The highest BCUT2D eigenvalue weighted by Gasteiger charge is 2.35. The third kappa shape index (κ3) is 6.25. The zero-order chi connectivity index (χ0) is 22.8. The van der Waals surface area contributed by atoms with Crippen molar-refractivity contribution in [1.82, 2.24) is 10.2 Å². The van der Waals surface area contributed by atoms with Crippen LogP contribution >= 0.6 is 24.8 Å². The molecule has 8 heteroatoms. The van der Waals surface area contributed by atoms with Gasteiger partial charge in [-0.05, 0) is 66.4 Å². The summed E-state index contributed by atoms with van der Waals surface area (Å²) in [7, 11) is 0. The fraction of sp³-hybridized carbons (Fsp3) is 0.333. The van der Waals surface area contributed by atoms with Crippen molar-refractivity contribution in [3.63, 3.8) is 0 Å². The fourth-order valence-electron chi connectivity index (χ4n) is 4.98. The maximum absolute atomic E-state index is 13.6. The molecule has 1 N–H and O–H groups in total. The Kier molecular flexibility index (Phi) is 9.00. The topological polar surface area (TPSA) is 33.7 Å². The summed E-state index contributed by atoms with van der Waals surface area (Å²) >= 11 is 0. The van der Waals surface area contributed by atoms with Gasteiger partial charge in [-0.25, -0.2) is 8.78 Å². The second-order valence-corrected chi connectivity index (χ2v) is 9.12. The molecule has 0 spiro atoms. The van der Waals surface area contributed by atoms with E-state index in [1.54, 1.807) is 0 Å². The largest absolute Gasteiger partial charge is 0.486 e. The van der Waals surface area contributed by atoms with Gasteiger partial charge in [-0.2, -0.15) is 0 Å². The van der Waals surface area contributed by atoms with Crippen LogP contribution in [-0.4, -0.2) is 43.3 Å². The lowest BCUT2D eigenvalue weighted by atomic mass is 9.87. The molecule has 3 aromatic rings. The van der Waals surface area contributed by atoms with Gasteiger partial charge in [-0.1, -0.05) is 30.3 Å². The molecule has 1 unspecified atom stereocenters. The van der Waals surface area contributed by atoms with E-state index in [1.807, 2.05) is 30.3 Å². The standard InChI is InChI=1S/C27H28F2N2O2.2ClH/c1-27(17-19-2-11-24-25(16-19)33-15-14-32-24)18-31(13-12-30-27)26(20-3-7-22(28)8-4-20)21-5-9-23(29)10-6-21;;/h2-11,16,26,30H,12-15,17-18H2,1H3;2*1H. The van der Waals surface area contributed by atoms with Gasteiger partial charge in [-0.3, -0.25) is 4.90 Å². The van der Waals surface area contributed by atoms with Gasteiger partial charge in [0.1, 0.15) is 24.8 Å². The lowest BCUT2D eigenvalue weighted by Gasteiger charge is -2.45. The first-order valence-corrected chi connectivity index (χ1v) is 11.4. The zero-order valence-corrected chi connectivity index (χ0v) is 21.1.